The van der Waals surface area contributed by atoms with Crippen LogP contribution >= 0.6 is 0 Å². The van der Waals surface area contributed by atoms with Gasteiger partial charge in [-0.1, -0.05) is 26.8 Å². The number of hydrogen-bond donors (Lipinski definition) is 3. The molecule has 2 aromatic carbocycles. The molecule has 3 N–H and O–H groups in total. The largest absolute Gasteiger partial charge is 0.492 e. The van der Waals surface area contributed by atoms with Crippen LogP contribution in [0, 0.1) is 12.8 Å². The molecule has 0 radical (unpaired) electrons. The van der Waals surface area contributed by atoms with Gasteiger partial charge in [-0.25, -0.2) is 13.4 Å². The highest BCUT2D eigenvalue weighted by atomic mass is 32.2. The number of aromatic nitrogens is 2. The number of aryl methyl sites for hydroxylation is 1. The van der Waals surface area contributed by atoms with E-state index in [1.54, 1.807) is 36.5 Å². The number of methoxy groups -OCH3 is 1. The minimum absolute atomic E-state index is 0.211. The fourth-order valence-corrected chi connectivity index (χ4v) is 5.45. The zero-order valence-corrected chi connectivity index (χ0v) is 26.0. The molecule has 226 valence electrons. The number of nitrogens with one attached hydrogen (secondary N) is 3. The molecule has 2 heterocycles. The van der Waals surface area contributed by atoms with Gasteiger partial charge in [0.25, 0.3) is 5.91 Å². The van der Waals surface area contributed by atoms with Gasteiger partial charge in [-0.3, -0.25) is 9.52 Å². The maximum atomic E-state index is 13.5. The topological polar surface area (TPSA) is 132 Å². The van der Waals surface area contributed by atoms with Crippen LogP contribution in [0.1, 0.15) is 67.3 Å². The van der Waals surface area contributed by atoms with Crippen LogP contribution in [0.5, 0.6) is 17.4 Å². The lowest BCUT2D eigenvalue weighted by molar-refractivity contribution is 0.102. The zero-order valence-electron chi connectivity index (χ0n) is 25.2. The van der Waals surface area contributed by atoms with Crippen molar-refractivity contribution in [3.8, 4) is 17.4 Å². The quantitative estimate of drug-likeness (QED) is 0.298. The van der Waals surface area contributed by atoms with E-state index in [1.165, 1.54) is 7.11 Å². The Morgan fingerprint density at radius 1 is 1.10 bits per heavy atom. The van der Waals surface area contributed by atoms with Crippen molar-refractivity contribution in [1.29, 1.82) is 0 Å². The molecule has 42 heavy (non-hydrogen) atoms. The fourth-order valence-electron chi connectivity index (χ4n) is 4.90. The summed E-state index contributed by atoms with van der Waals surface area (Å²) in [5.74, 6) is 2.01. The Morgan fingerprint density at radius 3 is 2.57 bits per heavy atom. The molecule has 10 nitrogen and oxygen atoms in total. The maximum Gasteiger partial charge on any atom is 0.255 e. The van der Waals surface area contributed by atoms with E-state index in [2.05, 4.69) is 25.3 Å². The van der Waals surface area contributed by atoms with Crippen molar-refractivity contribution in [3.63, 3.8) is 0 Å². The number of nitrogens with zero attached hydrogens (tertiary/aromatic N) is 2. The van der Waals surface area contributed by atoms with Gasteiger partial charge in [0.05, 0.1) is 24.7 Å². The average molecular weight is 596 g/mol. The van der Waals surface area contributed by atoms with E-state index in [0.717, 1.165) is 62.0 Å². The first kappa shape index (κ1) is 31.2. The SMILES string of the molecule is COc1c(NC(=O)c2ccc(C)c(Oc3ccnc(CC4CCCNCC4)n3)c2)cc(C(C)(C)C)cc1NS(C)(=O)=O. The summed E-state index contributed by atoms with van der Waals surface area (Å²) in [6.07, 6.45) is 6.96. The Labute approximate surface area is 248 Å². The van der Waals surface area contributed by atoms with E-state index >= 15 is 0 Å². The molecule has 1 aromatic heterocycles. The van der Waals surface area contributed by atoms with Crippen molar-refractivity contribution >= 4 is 27.3 Å². The lowest BCUT2D eigenvalue weighted by Gasteiger charge is -2.24. The van der Waals surface area contributed by atoms with Gasteiger partial charge in [-0.2, -0.15) is 4.98 Å². The molecule has 1 unspecified atom stereocenters. The molecule has 0 spiro atoms. The van der Waals surface area contributed by atoms with Crippen molar-refractivity contribution in [2.45, 2.75) is 58.8 Å². The van der Waals surface area contributed by atoms with Crippen molar-refractivity contribution < 1.29 is 22.7 Å². The summed E-state index contributed by atoms with van der Waals surface area (Å²) < 4.78 is 38.3. The number of rotatable bonds is 9. The lowest BCUT2D eigenvalue weighted by atomic mass is 9.86. The Morgan fingerprint density at radius 2 is 1.86 bits per heavy atom. The predicted molar refractivity (Wildman–Crippen MR) is 165 cm³/mol. The van der Waals surface area contributed by atoms with Crippen LogP contribution in [0.25, 0.3) is 0 Å². The van der Waals surface area contributed by atoms with Gasteiger partial charge in [-0.05, 0) is 86.0 Å². The molecule has 1 amide bonds. The Balaban J connectivity index is 1.58. The first-order valence-corrected chi connectivity index (χ1v) is 16.0. The monoisotopic (exact) mass is 595 g/mol. The lowest BCUT2D eigenvalue weighted by Crippen LogP contribution is -2.18. The van der Waals surface area contributed by atoms with Crippen LogP contribution < -0.4 is 24.8 Å². The predicted octanol–water partition coefficient (Wildman–Crippen LogP) is 5.44. The van der Waals surface area contributed by atoms with Gasteiger partial charge in [0.15, 0.2) is 5.75 Å². The number of carbonyl (C=O) groups excluding carboxylic acids is 1. The molecule has 1 saturated heterocycles. The van der Waals surface area contributed by atoms with Gasteiger partial charge in [0.2, 0.25) is 15.9 Å². The Hall–Kier alpha value is -3.70. The highest BCUT2D eigenvalue weighted by Gasteiger charge is 2.23. The summed E-state index contributed by atoms with van der Waals surface area (Å²) in [5, 5.41) is 6.34. The Kier molecular flexibility index (Phi) is 9.73. The summed E-state index contributed by atoms with van der Waals surface area (Å²) >= 11 is 0. The summed E-state index contributed by atoms with van der Waals surface area (Å²) in [4.78, 5) is 22.6. The number of sulfonamides is 1. The first-order chi connectivity index (χ1) is 19.8. The second-order valence-corrected chi connectivity index (χ2v) is 13.6. The molecule has 1 aliphatic rings. The van der Waals surface area contributed by atoms with Crippen LogP contribution in [0.15, 0.2) is 42.6 Å². The van der Waals surface area contributed by atoms with Gasteiger partial charge < -0.3 is 20.1 Å². The standard InChI is InChI=1S/C31H41N5O5S/c1-20-9-10-22(17-26(20)41-28-12-15-33-27(35-28)16-21-8-7-13-32-14-11-21)30(37)34-24-18-23(31(2,3)4)19-25(29(24)40-5)36-42(6,38)39/h9-10,12,15,17-19,21,32,36H,7-8,11,13-14,16H2,1-6H3,(H,34,37). The minimum Gasteiger partial charge on any atom is -0.492 e. The second kappa shape index (κ2) is 13.1. The van der Waals surface area contributed by atoms with Gasteiger partial charge in [-0.15, -0.1) is 0 Å². The first-order valence-electron chi connectivity index (χ1n) is 14.1. The number of ether oxygens (including phenoxy) is 2. The molecule has 3 aromatic rings. The number of anilines is 2. The normalized spacial score (nSPS) is 15.9. The van der Waals surface area contributed by atoms with E-state index in [0.29, 0.717) is 28.8 Å². The third-order valence-corrected chi connectivity index (χ3v) is 7.80. The molecule has 1 aliphatic heterocycles. The van der Waals surface area contributed by atoms with Crippen molar-refractivity contribution in [1.82, 2.24) is 15.3 Å². The van der Waals surface area contributed by atoms with Crippen LogP contribution in [-0.2, 0) is 21.9 Å². The minimum atomic E-state index is -3.60. The molecule has 1 atom stereocenters. The summed E-state index contributed by atoms with van der Waals surface area (Å²) in [7, 11) is -2.17. The maximum absolute atomic E-state index is 13.5. The molecule has 11 heteroatoms. The van der Waals surface area contributed by atoms with Gasteiger partial charge in [0, 0.05) is 24.2 Å². The highest BCUT2D eigenvalue weighted by Crippen LogP contribution is 2.39. The van der Waals surface area contributed by atoms with Gasteiger partial charge in [0.1, 0.15) is 11.6 Å². The fraction of sp³-hybridized carbons (Fsp3) is 0.452. The third-order valence-electron chi connectivity index (χ3n) is 7.21. The van der Waals surface area contributed by atoms with Crippen LogP contribution in [0.4, 0.5) is 11.4 Å². The zero-order chi connectivity index (χ0) is 30.5. The van der Waals surface area contributed by atoms with Crippen LogP contribution in [0.2, 0.25) is 0 Å². The van der Waals surface area contributed by atoms with E-state index in [-0.39, 0.29) is 16.9 Å². The molecule has 4 rings (SSSR count). The third kappa shape index (κ3) is 8.42. The van der Waals surface area contributed by atoms with Crippen molar-refractivity contribution in [2.75, 3.05) is 36.5 Å². The molecule has 0 saturated carbocycles. The summed E-state index contributed by atoms with van der Waals surface area (Å²) in [6.45, 7) is 9.96. The Bertz CT molecular complexity index is 1530. The van der Waals surface area contributed by atoms with E-state index in [9.17, 15) is 13.2 Å². The molecular formula is C31H41N5O5S. The summed E-state index contributed by atoms with van der Waals surface area (Å²) in [5.41, 5.74) is 2.28. The molecular weight excluding hydrogens is 554 g/mol. The average Bonchev–Trinajstić information content (AvgIpc) is 3.17. The van der Waals surface area contributed by atoms with Crippen molar-refractivity contribution in [2.24, 2.45) is 5.92 Å². The van der Waals surface area contributed by atoms with Crippen LogP contribution in [-0.4, -0.2) is 50.7 Å². The number of carbonyl (C=O) groups is 1. The van der Waals surface area contributed by atoms with Gasteiger partial charge >= 0.3 is 0 Å². The highest BCUT2D eigenvalue weighted by molar-refractivity contribution is 7.92. The number of amides is 1. The second-order valence-electron chi connectivity index (χ2n) is 11.8. The molecule has 1 fully saturated rings. The van der Waals surface area contributed by atoms with Crippen molar-refractivity contribution in [3.05, 3.63) is 65.1 Å². The molecule has 0 bridgehead atoms. The summed E-state index contributed by atoms with van der Waals surface area (Å²) in [6, 6.07) is 10.4. The number of benzene rings is 2. The number of hydrogen-bond acceptors (Lipinski definition) is 8. The smallest absolute Gasteiger partial charge is 0.255 e. The molecule has 0 aliphatic carbocycles. The van der Waals surface area contributed by atoms with E-state index in [1.807, 2.05) is 33.8 Å². The van der Waals surface area contributed by atoms with Crippen LogP contribution in [0.3, 0.4) is 0 Å². The van der Waals surface area contributed by atoms with E-state index in [4.69, 9.17) is 9.47 Å². The van der Waals surface area contributed by atoms with E-state index < -0.39 is 15.9 Å².